The smallest absolute Gasteiger partial charge is 0.301 e. The van der Waals surface area contributed by atoms with Crippen molar-refractivity contribution in [3.05, 3.63) is 37.4 Å². The summed E-state index contributed by atoms with van der Waals surface area (Å²) in [6.45, 7) is 2.49. The first-order valence-electron chi connectivity index (χ1n) is 6.30. The molecule has 1 saturated heterocycles. The molecule has 1 aromatic rings. The molecule has 1 unspecified atom stereocenters. The molecule has 0 amide bonds. The molecule has 0 aromatic heterocycles. The number of piperidine rings is 1. The van der Waals surface area contributed by atoms with E-state index in [1.807, 2.05) is 6.92 Å². The van der Waals surface area contributed by atoms with E-state index in [2.05, 4.69) is 0 Å². The van der Waals surface area contributed by atoms with Gasteiger partial charge in [-0.3, -0.25) is 20.2 Å². The molecule has 7 nitrogen and oxygen atoms in total. The van der Waals surface area contributed by atoms with Crippen LogP contribution in [0.2, 0.25) is 5.02 Å². The number of halogens is 1. The lowest BCUT2D eigenvalue weighted by atomic mass is 10.0. The molecule has 0 bridgehead atoms. The normalized spacial score (nSPS) is 18.9. The summed E-state index contributed by atoms with van der Waals surface area (Å²) in [5.41, 5.74) is -0.549. The molecule has 0 saturated carbocycles. The van der Waals surface area contributed by atoms with Crippen molar-refractivity contribution >= 4 is 28.7 Å². The Hall–Kier alpha value is -1.89. The van der Waals surface area contributed by atoms with Gasteiger partial charge in [0.1, 0.15) is 0 Å². The van der Waals surface area contributed by atoms with Crippen molar-refractivity contribution in [1.82, 2.24) is 0 Å². The van der Waals surface area contributed by atoms with Gasteiger partial charge in [0, 0.05) is 24.7 Å². The van der Waals surface area contributed by atoms with Crippen LogP contribution in [0.25, 0.3) is 0 Å². The number of nitro groups is 2. The highest BCUT2D eigenvalue weighted by Gasteiger charge is 2.34. The van der Waals surface area contributed by atoms with E-state index >= 15 is 0 Å². The van der Waals surface area contributed by atoms with Gasteiger partial charge in [0.05, 0.1) is 14.9 Å². The Kier molecular flexibility index (Phi) is 4.08. The molecule has 1 heterocycles. The average Bonchev–Trinajstić information content (AvgIpc) is 2.38. The third-order valence-corrected chi connectivity index (χ3v) is 3.74. The van der Waals surface area contributed by atoms with Gasteiger partial charge in [-0.05, 0) is 26.2 Å². The molecule has 2 rings (SSSR count). The van der Waals surface area contributed by atoms with E-state index < -0.39 is 9.85 Å². The highest BCUT2D eigenvalue weighted by molar-refractivity contribution is 6.31. The number of nitrogens with zero attached hydrogens (tertiary/aromatic N) is 3. The van der Waals surface area contributed by atoms with Crippen LogP contribution in [0.1, 0.15) is 26.2 Å². The zero-order chi connectivity index (χ0) is 14.9. The lowest BCUT2D eigenvalue weighted by Gasteiger charge is -2.34. The minimum Gasteiger partial charge on any atom is -0.358 e. The fraction of sp³-hybridized carbons (Fsp3) is 0.500. The maximum atomic E-state index is 11.2. The maximum Gasteiger partial charge on any atom is 0.301 e. The summed E-state index contributed by atoms with van der Waals surface area (Å²) >= 11 is 5.76. The summed E-state index contributed by atoms with van der Waals surface area (Å²) in [4.78, 5) is 22.9. The Morgan fingerprint density at radius 2 is 1.75 bits per heavy atom. The van der Waals surface area contributed by atoms with Crippen LogP contribution >= 0.6 is 11.6 Å². The molecule has 0 spiro atoms. The third-order valence-electron chi connectivity index (χ3n) is 3.52. The Balaban J connectivity index is 2.63. The van der Waals surface area contributed by atoms with Crippen molar-refractivity contribution in [1.29, 1.82) is 0 Å². The van der Waals surface area contributed by atoms with Crippen molar-refractivity contribution in [2.75, 3.05) is 11.4 Å². The van der Waals surface area contributed by atoms with Crippen molar-refractivity contribution in [3.63, 3.8) is 0 Å². The van der Waals surface area contributed by atoms with Gasteiger partial charge in [-0.25, -0.2) is 0 Å². The van der Waals surface area contributed by atoms with Crippen molar-refractivity contribution in [2.45, 2.75) is 32.2 Å². The van der Waals surface area contributed by atoms with Crippen LogP contribution in [-0.4, -0.2) is 22.4 Å². The topological polar surface area (TPSA) is 89.5 Å². The van der Waals surface area contributed by atoms with Crippen LogP contribution in [-0.2, 0) is 0 Å². The molecule has 1 fully saturated rings. The number of anilines is 1. The van der Waals surface area contributed by atoms with E-state index in [-0.39, 0.29) is 28.1 Å². The molecule has 1 atom stereocenters. The summed E-state index contributed by atoms with van der Waals surface area (Å²) < 4.78 is 0. The minimum atomic E-state index is -0.616. The number of hydrogen-bond acceptors (Lipinski definition) is 5. The van der Waals surface area contributed by atoms with E-state index in [9.17, 15) is 20.2 Å². The van der Waals surface area contributed by atoms with Gasteiger partial charge in [-0.15, -0.1) is 0 Å². The standard InChI is InChI=1S/C12H14ClN3O4/c1-8-4-2-3-5-14(8)12-10(15(17)18)6-9(13)7-11(12)16(19)20/h6-8H,2-5H2,1H3. The van der Waals surface area contributed by atoms with Gasteiger partial charge in [-0.2, -0.15) is 0 Å². The Morgan fingerprint density at radius 1 is 1.20 bits per heavy atom. The molecule has 108 valence electrons. The monoisotopic (exact) mass is 299 g/mol. The fourth-order valence-electron chi connectivity index (χ4n) is 2.57. The maximum absolute atomic E-state index is 11.2. The quantitative estimate of drug-likeness (QED) is 0.629. The average molecular weight is 300 g/mol. The van der Waals surface area contributed by atoms with Crippen molar-refractivity contribution in [3.8, 4) is 0 Å². The highest BCUT2D eigenvalue weighted by atomic mass is 35.5. The number of hydrogen-bond donors (Lipinski definition) is 0. The summed E-state index contributed by atoms with van der Waals surface area (Å²) in [6.07, 6.45) is 2.74. The van der Waals surface area contributed by atoms with Gasteiger partial charge < -0.3 is 4.90 Å². The highest BCUT2D eigenvalue weighted by Crippen LogP contribution is 2.42. The van der Waals surface area contributed by atoms with Gasteiger partial charge in [0.15, 0.2) is 5.69 Å². The number of nitro benzene ring substituents is 2. The predicted octanol–water partition coefficient (Wildman–Crippen LogP) is 3.54. The Morgan fingerprint density at radius 3 is 2.20 bits per heavy atom. The second-order valence-electron chi connectivity index (χ2n) is 4.85. The van der Waals surface area contributed by atoms with Crippen LogP contribution in [0.4, 0.5) is 17.1 Å². The first kappa shape index (κ1) is 14.5. The molecule has 1 aliphatic rings. The lowest BCUT2D eigenvalue weighted by Crippen LogP contribution is -2.38. The van der Waals surface area contributed by atoms with Gasteiger partial charge >= 0.3 is 11.4 Å². The molecular formula is C12H14ClN3O4. The van der Waals surface area contributed by atoms with Crippen molar-refractivity contribution in [2.24, 2.45) is 0 Å². The molecule has 0 radical (unpaired) electrons. The zero-order valence-electron chi connectivity index (χ0n) is 10.9. The second kappa shape index (κ2) is 5.62. The molecule has 0 aliphatic carbocycles. The van der Waals surface area contributed by atoms with Crippen LogP contribution in [0.5, 0.6) is 0 Å². The van der Waals surface area contributed by atoms with E-state index in [1.165, 1.54) is 12.1 Å². The van der Waals surface area contributed by atoms with Gasteiger partial charge in [-0.1, -0.05) is 11.6 Å². The summed E-state index contributed by atoms with van der Waals surface area (Å²) in [5, 5.41) is 22.4. The molecule has 8 heteroatoms. The van der Waals surface area contributed by atoms with Crippen LogP contribution in [0.3, 0.4) is 0 Å². The fourth-order valence-corrected chi connectivity index (χ4v) is 2.78. The summed E-state index contributed by atoms with van der Waals surface area (Å²) in [6, 6.07) is 2.37. The summed E-state index contributed by atoms with van der Waals surface area (Å²) in [5.74, 6) is 0. The number of benzene rings is 1. The Labute approximate surface area is 120 Å². The first-order chi connectivity index (χ1) is 9.41. The van der Waals surface area contributed by atoms with E-state index in [4.69, 9.17) is 11.6 Å². The minimum absolute atomic E-state index is 0.00295. The largest absolute Gasteiger partial charge is 0.358 e. The first-order valence-corrected chi connectivity index (χ1v) is 6.68. The molecular weight excluding hydrogens is 286 g/mol. The lowest BCUT2D eigenvalue weighted by molar-refractivity contribution is -0.392. The molecule has 0 N–H and O–H groups in total. The molecule has 1 aromatic carbocycles. The summed E-state index contributed by atoms with van der Waals surface area (Å²) in [7, 11) is 0. The van der Waals surface area contributed by atoms with Crippen molar-refractivity contribution < 1.29 is 9.85 Å². The zero-order valence-corrected chi connectivity index (χ0v) is 11.7. The van der Waals surface area contributed by atoms with Crippen LogP contribution in [0, 0.1) is 20.2 Å². The molecule has 1 aliphatic heterocycles. The predicted molar refractivity (Wildman–Crippen MR) is 75.4 cm³/mol. The van der Waals surface area contributed by atoms with Gasteiger partial charge in [0.25, 0.3) is 0 Å². The van der Waals surface area contributed by atoms with E-state index in [0.717, 1.165) is 19.3 Å². The van der Waals surface area contributed by atoms with E-state index in [1.54, 1.807) is 4.90 Å². The van der Waals surface area contributed by atoms with Crippen LogP contribution in [0.15, 0.2) is 12.1 Å². The van der Waals surface area contributed by atoms with E-state index in [0.29, 0.717) is 6.54 Å². The van der Waals surface area contributed by atoms with Gasteiger partial charge in [0.2, 0.25) is 0 Å². The molecule has 20 heavy (non-hydrogen) atoms. The second-order valence-corrected chi connectivity index (χ2v) is 5.28. The Bertz CT molecular complexity index is 529. The van der Waals surface area contributed by atoms with Crippen LogP contribution < -0.4 is 4.90 Å². The third kappa shape index (κ3) is 2.67. The number of rotatable bonds is 3. The SMILES string of the molecule is CC1CCCCN1c1c([N+](=O)[O-])cc(Cl)cc1[N+](=O)[O-].